The number of methoxy groups -OCH3 is 1. The van der Waals surface area contributed by atoms with E-state index in [4.69, 9.17) is 4.74 Å². The number of sulfonamides is 1. The van der Waals surface area contributed by atoms with Crippen molar-refractivity contribution in [3.8, 4) is 5.75 Å². The van der Waals surface area contributed by atoms with Gasteiger partial charge in [0.2, 0.25) is 0 Å². The SMILES string of the molecule is COc1ccc(N(CC(=O)N/N=C\c2ccc([N+](=O)[O-])cc2)S(=O)(=O)c2ccc(C)c([N+](=O)[O-])c2)cc1. The number of ether oxygens (including phenoxy) is 1. The van der Waals surface area contributed by atoms with Crippen LogP contribution >= 0.6 is 0 Å². The Labute approximate surface area is 211 Å². The van der Waals surface area contributed by atoms with Crippen molar-refractivity contribution in [2.24, 2.45) is 5.10 Å². The highest BCUT2D eigenvalue weighted by Gasteiger charge is 2.29. The van der Waals surface area contributed by atoms with Crippen LogP contribution in [0.5, 0.6) is 5.75 Å². The third kappa shape index (κ3) is 6.43. The van der Waals surface area contributed by atoms with Crippen LogP contribution in [0.25, 0.3) is 0 Å². The normalized spacial score (nSPS) is 11.2. The van der Waals surface area contributed by atoms with Crippen molar-refractivity contribution in [2.75, 3.05) is 18.0 Å². The summed E-state index contributed by atoms with van der Waals surface area (Å²) in [5, 5.41) is 25.9. The van der Waals surface area contributed by atoms with Gasteiger partial charge in [-0.15, -0.1) is 0 Å². The molecule has 14 heteroatoms. The lowest BCUT2D eigenvalue weighted by Gasteiger charge is -2.24. The van der Waals surface area contributed by atoms with Crippen LogP contribution < -0.4 is 14.5 Å². The summed E-state index contributed by atoms with van der Waals surface area (Å²) in [6.45, 7) is 0.778. The predicted molar refractivity (Wildman–Crippen MR) is 134 cm³/mol. The number of nitrogens with one attached hydrogen (secondary N) is 1. The van der Waals surface area contributed by atoms with Gasteiger partial charge in [0.1, 0.15) is 12.3 Å². The van der Waals surface area contributed by atoms with Crippen molar-refractivity contribution in [1.82, 2.24) is 5.43 Å². The fourth-order valence-corrected chi connectivity index (χ4v) is 4.61. The van der Waals surface area contributed by atoms with Crippen LogP contribution in [0.15, 0.2) is 76.7 Å². The minimum Gasteiger partial charge on any atom is -0.497 e. The monoisotopic (exact) mass is 527 g/mol. The number of carbonyl (C=O) groups is 1. The lowest BCUT2D eigenvalue weighted by atomic mass is 10.2. The molecule has 37 heavy (non-hydrogen) atoms. The maximum absolute atomic E-state index is 13.5. The number of hydrogen-bond acceptors (Lipinski definition) is 9. The van der Waals surface area contributed by atoms with E-state index in [9.17, 15) is 33.4 Å². The summed E-state index contributed by atoms with van der Waals surface area (Å²) in [5.41, 5.74) is 2.56. The smallest absolute Gasteiger partial charge is 0.273 e. The van der Waals surface area contributed by atoms with E-state index in [1.165, 1.54) is 80.9 Å². The van der Waals surface area contributed by atoms with E-state index >= 15 is 0 Å². The van der Waals surface area contributed by atoms with Gasteiger partial charge in [0.05, 0.1) is 33.8 Å². The summed E-state index contributed by atoms with van der Waals surface area (Å²) < 4.78 is 32.9. The number of anilines is 1. The molecular formula is C23H21N5O8S. The van der Waals surface area contributed by atoms with Gasteiger partial charge < -0.3 is 4.74 Å². The molecule has 0 aliphatic carbocycles. The maximum atomic E-state index is 13.5. The molecule has 0 saturated carbocycles. The number of hydrogen-bond donors (Lipinski definition) is 1. The van der Waals surface area contributed by atoms with Gasteiger partial charge in [0, 0.05) is 23.8 Å². The van der Waals surface area contributed by atoms with E-state index in [1.807, 2.05) is 0 Å². The summed E-state index contributed by atoms with van der Waals surface area (Å²) in [6.07, 6.45) is 1.23. The van der Waals surface area contributed by atoms with E-state index in [1.54, 1.807) is 0 Å². The number of nitro benzene ring substituents is 2. The second-order valence-electron chi connectivity index (χ2n) is 7.56. The number of amides is 1. The molecule has 0 bridgehead atoms. The van der Waals surface area contributed by atoms with Gasteiger partial charge in [-0.2, -0.15) is 5.10 Å². The first-order chi connectivity index (χ1) is 17.5. The van der Waals surface area contributed by atoms with Crippen LogP contribution in [0.4, 0.5) is 17.1 Å². The Hall–Kier alpha value is -4.85. The quantitative estimate of drug-likeness (QED) is 0.238. The molecule has 3 aromatic carbocycles. The van der Waals surface area contributed by atoms with Crippen LogP contribution in [0.3, 0.4) is 0 Å². The van der Waals surface area contributed by atoms with Crippen molar-refractivity contribution >= 4 is 39.2 Å². The fraction of sp³-hybridized carbons (Fsp3) is 0.130. The van der Waals surface area contributed by atoms with Crippen LogP contribution in [0.2, 0.25) is 0 Å². The summed E-state index contributed by atoms with van der Waals surface area (Å²) in [6, 6.07) is 14.7. The molecule has 1 N–H and O–H groups in total. The largest absolute Gasteiger partial charge is 0.497 e. The first kappa shape index (κ1) is 26.7. The molecule has 0 aromatic heterocycles. The first-order valence-electron chi connectivity index (χ1n) is 10.5. The minimum absolute atomic E-state index is 0.110. The Morgan fingerprint density at radius 2 is 1.68 bits per heavy atom. The molecule has 3 aromatic rings. The number of benzene rings is 3. The lowest BCUT2D eigenvalue weighted by Crippen LogP contribution is -2.39. The van der Waals surface area contributed by atoms with Crippen LogP contribution in [0, 0.1) is 27.2 Å². The molecule has 0 spiro atoms. The van der Waals surface area contributed by atoms with E-state index in [0.29, 0.717) is 11.3 Å². The van der Waals surface area contributed by atoms with Crippen LogP contribution in [-0.2, 0) is 14.8 Å². The highest BCUT2D eigenvalue weighted by molar-refractivity contribution is 7.92. The molecule has 0 fully saturated rings. The van der Waals surface area contributed by atoms with Gasteiger partial charge in [0.15, 0.2) is 0 Å². The van der Waals surface area contributed by atoms with E-state index in [2.05, 4.69) is 10.5 Å². The van der Waals surface area contributed by atoms with Crippen molar-refractivity contribution in [1.29, 1.82) is 0 Å². The minimum atomic E-state index is -4.42. The average molecular weight is 528 g/mol. The summed E-state index contributed by atoms with van der Waals surface area (Å²) in [7, 11) is -2.98. The second kappa shape index (κ2) is 11.3. The summed E-state index contributed by atoms with van der Waals surface area (Å²) >= 11 is 0. The highest BCUT2D eigenvalue weighted by Crippen LogP contribution is 2.29. The maximum Gasteiger partial charge on any atom is 0.273 e. The number of carbonyl (C=O) groups excluding carboxylic acids is 1. The third-order valence-electron chi connectivity index (χ3n) is 5.12. The summed E-state index contributed by atoms with van der Waals surface area (Å²) in [5.74, 6) is -0.358. The number of hydrazone groups is 1. The zero-order valence-electron chi connectivity index (χ0n) is 19.6. The zero-order chi connectivity index (χ0) is 27.2. The molecule has 0 heterocycles. The molecule has 0 aliphatic rings. The van der Waals surface area contributed by atoms with Crippen LogP contribution in [-0.4, -0.2) is 44.0 Å². The molecule has 0 aliphatic heterocycles. The van der Waals surface area contributed by atoms with Gasteiger partial charge in [0.25, 0.3) is 27.3 Å². The molecule has 0 saturated heterocycles. The van der Waals surface area contributed by atoms with Gasteiger partial charge in [-0.3, -0.25) is 29.3 Å². The molecule has 3 rings (SSSR count). The average Bonchev–Trinajstić information content (AvgIpc) is 2.87. The lowest BCUT2D eigenvalue weighted by molar-refractivity contribution is -0.385. The topological polar surface area (TPSA) is 174 Å². The Kier molecular flexibility index (Phi) is 8.14. The van der Waals surface area contributed by atoms with E-state index in [0.717, 1.165) is 10.4 Å². The molecule has 0 atom stereocenters. The second-order valence-corrected chi connectivity index (χ2v) is 9.42. The predicted octanol–water partition coefficient (Wildman–Crippen LogP) is 3.17. The summed E-state index contributed by atoms with van der Waals surface area (Å²) in [4.78, 5) is 33.1. The number of aryl methyl sites for hydroxylation is 1. The molecule has 13 nitrogen and oxygen atoms in total. The van der Waals surface area contributed by atoms with Crippen molar-refractivity contribution in [3.05, 3.63) is 98.1 Å². The fourth-order valence-electron chi connectivity index (χ4n) is 3.16. The van der Waals surface area contributed by atoms with E-state index < -0.39 is 32.3 Å². The number of non-ortho nitro benzene ring substituents is 1. The van der Waals surface area contributed by atoms with Crippen molar-refractivity contribution in [3.63, 3.8) is 0 Å². The Morgan fingerprint density at radius 1 is 1.03 bits per heavy atom. The standard InChI is InChI=1S/C23H21N5O8S/c1-16-3-12-21(13-22(16)28(32)33)37(34,35)26(18-8-10-20(36-2)11-9-18)15-23(29)25-24-14-17-4-6-19(7-5-17)27(30)31/h3-14H,15H2,1-2H3,(H,25,29)/b24-14-. The molecule has 0 unspecified atom stereocenters. The molecule has 0 radical (unpaired) electrons. The Morgan fingerprint density at radius 3 is 2.24 bits per heavy atom. The van der Waals surface area contributed by atoms with Crippen LogP contribution in [0.1, 0.15) is 11.1 Å². The van der Waals surface area contributed by atoms with Gasteiger partial charge >= 0.3 is 0 Å². The zero-order valence-corrected chi connectivity index (χ0v) is 20.4. The Balaban J connectivity index is 1.88. The van der Waals surface area contributed by atoms with Gasteiger partial charge in [-0.25, -0.2) is 13.8 Å². The molecular weight excluding hydrogens is 506 g/mol. The van der Waals surface area contributed by atoms with Gasteiger partial charge in [-0.1, -0.05) is 6.07 Å². The first-order valence-corrected chi connectivity index (χ1v) is 11.9. The Bertz CT molecular complexity index is 1460. The third-order valence-corrected chi connectivity index (χ3v) is 6.89. The van der Waals surface area contributed by atoms with Crippen molar-refractivity contribution in [2.45, 2.75) is 11.8 Å². The number of rotatable bonds is 10. The van der Waals surface area contributed by atoms with Gasteiger partial charge in [-0.05, 0) is 55.0 Å². The van der Waals surface area contributed by atoms with E-state index in [-0.39, 0.29) is 27.5 Å². The number of nitro groups is 2. The molecule has 192 valence electrons. The van der Waals surface area contributed by atoms with Crippen molar-refractivity contribution < 1.29 is 27.8 Å². The molecule has 1 amide bonds. The highest BCUT2D eigenvalue weighted by atomic mass is 32.2. The number of nitrogens with zero attached hydrogens (tertiary/aromatic N) is 4.